The van der Waals surface area contributed by atoms with E-state index in [0.717, 1.165) is 22.6 Å². The first-order valence-electron chi connectivity index (χ1n) is 10.1. The number of methoxy groups -OCH3 is 2. The van der Waals surface area contributed by atoms with Gasteiger partial charge in [0.2, 0.25) is 0 Å². The quantitative estimate of drug-likeness (QED) is 0.456. The minimum Gasteiger partial charge on any atom is -0.497 e. The maximum absolute atomic E-state index is 14.6. The largest absolute Gasteiger partial charge is 0.497 e. The third kappa shape index (κ3) is 4.57. The van der Waals surface area contributed by atoms with E-state index in [1.165, 1.54) is 11.2 Å². The number of hydrazone groups is 1. The van der Waals surface area contributed by atoms with Crippen LogP contribution in [0.25, 0.3) is 0 Å². The highest BCUT2D eigenvalue weighted by Crippen LogP contribution is 2.33. The summed E-state index contributed by atoms with van der Waals surface area (Å²) in [5.41, 5.74) is 2.60. The minimum atomic E-state index is -0.427. The van der Waals surface area contributed by atoms with Crippen molar-refractivity contribution in [3.8, 4) is 11.5 Å². The fraction of sp³-hybridized carbons (Fsp3) is 0.208. The van der Waals surface area contributed by atoms with Crippen LogP contribution in [-0.2, 0) is 0 Å². The summed E-state index contributed by atoms with van der Waals surface area (Å²) in [4.78, 5) is 0. The zero-order chi connectivity index (χ0) is 22.5. The molecule has 0 aliphatic carbocycles. The van der Waals surface area contributed by atoms with E-state index in [1.807, 2.05) is 48.5 Å². The molecule has 0 bridgehead atoms. The van der Waals surface area contributed by atoms with E-state index < -0.39 is 11.9 Å². The van der Waals surface area contributed by atoms with Crippen molar-refractivity contribution in [3.63, 3.8) is 0 Å². The second-order valence-electron chi connectivity index (χ2n) is 7.12. The molecular weight excluding hydrogens is 431 g/mol. The van der Waals surface area contributed by atoms with Gasteiger partial charge in [-0.1, -0.05) is 47.2 Å². The van der Waals surface area contributed by atoms with Gasteiger partial charge in [-0.05, 0) is 47.5 Å². The van der Waals surface area contributed by atoms with Gasteiger partial charge < -0.3 is 9.47 Å². The lowest BCUT2D eigenvalue weighted by Gasteiger charge is -2.25. The first-order valence-corrected chi connectivity index (χ1v) is 10.4. The monoisotopic (exact) mass is 452 g/mol. The molecule has 8 heteroatoms. The third-order valence-corrected chi connectivity index (χ3v) is 5.49. The average Bonchev–Trinajstić information content (AvgIpc) is 3.06. The van der Waals surface area contributed by atoms with Crippen LogP contribution in [0.1, 0.15) is 29.2 Å². The van der Waals surface area contributed by atoms with Gasteiger partial charge in [-0.2, -0.15) is 15.3 Å². The van der Waals surface area contributed by atoms with E-state index >= 15 is 0 Å². The van der Waals surface area contributed by atoms with Crippen LogP contribution in [0, 0.1) is 5.82 Å². The number of hydrogen-bond acceptors (Lipinski definition) is 6. The summed E-state index contributed by atoms with van der Waals surface area (Å²) in [7, 11) is 3.24. The Kier molecular flexibility index (Phi) is 6.66. The topological polar surface area (TPSA) is 58.8 Å². The van der Waals surface area contributed by atoms with Crippen molar-refractivity contribution in [2.75, 3.05) is 20.8 Å². The van der Waals surface area contributed by atoms with E-state index in [4.69, 9.17) is 26.2 Å². The lowest BCUT2D eigenvalue weighted by atomic mass is 9.98. The smallest absolute Gasteiger partial charge is 0.133 e. The number of halogens is 2. The molecule has 0 radical (unpaired) electrons. The van der Waals surface area contributed by atoms with Crippen LogP contribution in [0.15, 0.2) is 82.2 Å². The Morgan fingerprint density at radius 2 is 1.50 bits per heavy atom. The van der Waals surface area contributed by atoms with Gasteiger partial charge >= 0.3 is 0 Å². The fourth-order valence-electron chi connectivity index (χ4n) is 3.55. The molecule has 164 valence electrons. The summed E-state index contributed by atoms with van der Waals surface area (Å²) in [5.74, 6) is 1.05. The molecule has 1 aliphatic heterocycles. The van der Waals surface area contributed by atoms with Gasteiger partial charge in [0.25, 0.3) is 0 Å². The molecule has 0 spiro atoms. The Hall–Kier alpha value is -3.45. The van der Waals surface area contributed by atoms with Crippen molar-refractivity contribution in [2.24, 2.45) is 15.4 Å². The van der Waals surface area contributed by atoms with Gasteiger partial charge in [0.05, 0.1) is 37.1 Å². The summed E-state index contributed by atoms with van der Waals surface area (Å²) in [5, 5.41) is 15.1. The normalized spacial score (nSPS) is 13.7. The number of nitrogens with zero attached hydrogens (tertiary/aromatic N) is 4. The van der Waals surface area contributed by atoms with Crippen molar-refractivity contribution in [1.29, 1.82) is 0 Å². The second kappa shape index (κ2) is 9.78. The molecule has 32 heavy (non-hydrogen) atoms. The van der Waals surface area contributed by atoms with E-state index in [1.54, 1.807) is 26.4 Å². The van der Waals surface area contributed by atoms with Gasteiger partial charge in [-0.15, -0.1) is 0 Å². The number of hydrogen-bond donors (Lipinski definition) is 0. The molecule has 0 saturated heterocycles. The van der Waals surface area contributed by atoms with Crippen LogP contribution in [0.4, 0.5) is 4.39 Å². The van der Waals surface area contributed by atoms with Crippen LogP contribution >= 0.6 is 11.6 Å². The van der Waals surface area contributed by atoms with Crippen molar-refractivity contribution in [2.45, 2.75) is 12.5 Å². The van der Waals surface area contributed by atoms with Crippen molar-refractivity contribution in [1.82, 2.24) is 5.12 Å². The number of benzene rings is 3. The van der Waals surface area contributed by atoms with Crippen molar-refractivity contribution >= 4 is 17.3 Å². The Labute approximate surface area is 190 Å². The van der Waals surface area contributed by atoms with Crippen LogP contribution in [0.2, 0.25) is 5.02 Å². The van der Waals surface area contributed by atoms with Gasteiger partial charge in [0.15, 0.2) is 0 Å². The molecule has 0 unspecified atom stereocenters. The fourth-order valence-corrected chi connectivity index (χ4v) is 3.82. The highest BCUT2D eigenvalue weighted by atomic mass is 35.5. The first kappa shape index (κ1) is 21.8. The first-order chi connectivity index (χ1) is 15.6. The summed E-state index contributed by atoms with van der Waals surface area (Å²) in [6.07, 6.45) is 0.415. The standard InChI is InChI=1S/C24H22ClFN4O2/c1-31-18-10-6-16(7-11-18)24(17-8-12-19(32-2)13-9-17)30-28-22(14-15-27-29-30)23-20(25)4-3-5-21(23)26/h3-13,24H,14-15H2,1-2H3. The summed E-state index contributed by atoms with van der Waals surface area (Å²) >= 11 is 6.32. The molecule has 6 nitrogen and oxygen atoms in total. The molecule has 0 N–H and O–H groups in total. The summed E-state index contributed by atoms with van der Waals surface area (Å²) < 4.78 is 25.2. The van der Waals surface area contributed by atoms with E-state index in [-0.39, 0.29) is 5.56 Å². The molecule has 1 heterocycles. The Morgan fingerprint density at radius 3 is 2.03 bits per heavy atom. The van der Waals surface area contributed by atoms with E-state index in [9.17, 15) is 4.39 Å². The van der Waals surface area contributed by atoms with Crippen LogP contribution < -0.4 is 9.47 Å². The highest BCUT2D eigenvalue weighted by Gasteiger charge is 2.26. The highest BCUT2D eigenvalue weighted by molar-refractivity contribution is 6.34. The summed E-state index contributed by atoms with van der Waals surface area (Å²) in [6.45, 7) is 0.373. The second-order valence-corrected chi connectivity index (χ2v) is 7.52. The van der Waals surface area contributed by atoms with Crippen LogP contribution in [-0.4, -0.2) is 31.6 Å². The molecule has 0 atom stereocenters. The van der Waals surface area contributed by atoms with Gasteiger partial charge in [-0.25, -0.2) is 4.39 Å². The molecule has 4 rings (SSSR count). The third-order valence-electron chi connectivity index (χ3n) is 5.17. The molecule has 0 amide bonds. The van der Waals surface area contributed by atoms with Gasteiger partial charge in [-0.3, -0.25) is 0 Å². The van der Waals surface area contributed by atoms with Gasteiger partial charge in [0, 0.05) is 6.42 Å². The average molecular weight is 453 g/mol. The zero-order valence-electron chi connectivity index (χ0n) is 17.7. The lowest BCUT2D eigenvalue weighted by Crippen LogP contribution is -2.21. The Morgan fingerprint density at radius 1 is 0.906 bits per heavy atom. The van der Waals surface area contributed by atoms with E-state index in [0.29, 0.717) is 23.7 Å². The summed E-state index contributed by atoms with van der Waals surface area (Å²) in [6, 6.07) is 19.5. The molecular formula is C24H22ClFN4O2. The number of rotatable bonds is 6. The molecule has 3 aromatic rings. The predicted octanol–water partition coefficient (Wildman–Crippen LogP) is 6.06. The lowest BCUT2D eigenvalue weighted by molar-refractivity contribution is 0.230. The zero-order valence-corrected chi connectivity index (χ0v) is 18.5. The maximum atomic E-state index is 14.6. The van der Waals surface area contributed by atoms with Crippen LogP contribution in [0.3, 0.4) is 0 Å². The van der Waals surface area contributed by atoms with Gasteiger partial charge in [0.1, 0.15) is 23.4 Å². The van der Waals surface area contributed by atoms with E-state index in [2.05, 4.69) is 10.3 Å². The predicted molar refractivity (Wildman–Crippen MR) is 122 cm³/mol. The van der Waals surface area contributed by atoms with Crippen LogP contribution in [0.5, 0.6) is 11.5 Å². The molecule has 0 aromatic heterocycles. The SMILES string of the molecule is COc1ccc(C(c2ccc(OC)cc2)N2N=NCCC(c3c(F)cccc3Cl)=N2)cc1. The Balaban J connectivity index is 1.82. The Bertz CT molecular complexity index is 1070. The van der Waals surface area contributed by atoms with Crippen molar-refractivity contribution in [3.05, 3.63) is 94.3 Å². The van der Waals surface area contributed by atoms with Crippen molar-refractivity contribution < 1.29 is 13.9 Å². The minimum absolute atomic E-state index is 0.273. The maximum Gasteiger partial charge on any atom is 0.133 e. The molecule has 1 aliphatic rings. The number of ether oxygens (including phenoxy) is 2. The molecule has 0 fully saturated rings. The molecule has 0 saturated carbocycles. The molecule has 3 aromatic carbocycles.